The van der Waals surface area contributed by atoms with E-state index in [-0.39, 0.29) is 11.9 Å². The molecule has 16 heavy (non-hydrogen) atoms. The molecule has 1 rings (SSSR count). The van der Waals surface area contributed by atoms with Gasteiger partial charge in [0.2, 0.25) is 5.91 Å². The predicted molar refractivity (Wildman–Crippen MR) is 63.2 cm³/mol. The van der Waals surface area contributed by atoms with Crippen molar-refractivity contribution in [3.05, 3.63) is 29.8 Å². The van der Waals surface area contributed by atoms with E-state index in [0.29, 0.717) is 5.75 Å². The van der Waals surface area contributed by atoms with Crippen molar-refractivity contribution in [3.63, 3.8) is 0 Å². The molecule has 4 heteroatoms. The summed E-state index contributed by atoms with van der Waals surface area (Å²) in [7, 11) is 1.59. The van der Waals surface area contributed by atoms with Crippen LogP contribution in [0.5, 0.6) is 5.75 Å². The molecule has 3 N–H and O–H groups in total. The van der Waals surface area contributed by atoms with Crippen LogP contribution in [0.2, 0.25) is 0 Å². The van der Waals surface area contributed by atoms with E-state index in [1.807, 2.05) is 38.1 Å². The third-order valence-corrected chi connectivity index (χ3v) is 2.21. The second kappa shape index (κ2) is 5.51. The van der Waals surface area contributed by atoms with Gasteiger partial charge in [0, 0.05) is 6.04 Å². The molecule has 0 spiro atoms. The normalized spacial score (nSPS) is 12.5. The third-order valence-electron chi connectivity index (χ3n) is 2.21. The number of methoxy groups -OCH3 is 1. The van der Waals surface area contributed by atoms with E-state index in [4.69, 9.17) is 10.5 Å². The van der Waals surface area contributed by atoms with Crippen molar-refractivity contribution in [1.29, 1.82) is 0 Å². The van der Waals surface area contributed by atoms with Crippen LogP contribution in [0.4, 0.5) is 0 Å². The molecule has 0 saturated heterocycles. The standard InChI is InChI=1S/C12H18N2O2/c1-8(2)14-11(12(13)15)9-5-4-6-10(7-9)16-3/h4-8,11,14H,1-3H3,(H2,13,15). The Bertz CT molecular complexity index is 364. The number of ether oxygens (including phenoxy) is 1. The fraction of sp³-hybridized carbons (Fsp3) is 0.417. The van der Waals surface area contributed by atoms with Gasteiger partial charge in [-0.2, -0.15) is 0 Å². The number of hydrogen-bond acceptors (Lipinski definition) is 3. The Labute approximate surface area is 95.8 Å². The zero-order valence-corrected chi connectivity index (χ0v) is 9.86. The van der Waals surface area contributed by atoms with Gasteiger partial charge < -0.3 is 10.5 Å². The summed E-state index contributed by atoms with van der Waals surface area (Å²) in [6.45, 7) is 3.94. The van der Waals surface area contributed by atoms with Gasteiger partial charge in [-0.1, -0.05) is 12.1 Å². The molecule has 0 radical (unpaired) electrons. The van der Waals surface area contributed by atoms with Crippen molar-refractivity contribution in [2.45, 2.75) is 25.9 Å². The summed E-state index contributed by atoms with van der Waals surface area (Å²) < 4.78 is 5.11. The third kappa shape index (κ3) is 3.24. The molecule has 0 heterocycles. The number of amides is 1. The number of carbonyl (C=O) groups is 1. The molecule has 0 bridgehead atoms. The van der Waals surface area contributed by atoms with Gasteiger partial charge in [-0.25, -0.2) is 0 Å². The molecule has 4 nitrogen and oxygen atoms in total. The topological polar surface area (TPSA) is 64.3 Å². The maximum Gasteiger partial charge on any atom is 0.239 e. The fourth-order valence-corrected chi connectivity index (χ4v) is 1.50. The first kappa shape index (κ1) is 12.5. The number of carbonyl (C=O) groups excluding carboxylic acids is 1. The molecule has 0 aliphatic rings. The minimum atomic E-state index is -0.477. The molecule has 1 atom stereocenters. The van der Waals surface area contributed by atoms with Crippen LogP contribution in [0.15, 0.2) is 24.3 Å². The van der Waals surface area contributed by atoms with Crippen LogP contribution < -0.4 is 15.8 Å². The molecule has 88 valence electrons. The highest BCUT2D eigenvalue weighted by molar-refractivity contribution is 5.81. The second-order valence-corrected chi connectivity index (χ2v) is 3.93. The Kier molecular flexibility index (Phi) is 4.31. The molecule has 0 aliphatic heterocycles. The number of nitrogens with two attached hydrogens (primary N) is 1. The van der Waals surface area contributed by atoms with Gasteiger partial charge in [-0.3, -0.25) is 10.1 Å². The molecule has 1 aromatic rings. The van der Waals surface area contributed by atoms with Crippen LogP contribution in [0.3, 0.4) is 0 Å². The Morgan fingerprint density at radius 3 is 2.62 bits per heavy atom. The summed E-state index contributed by atoms with van der Waals surface area (Å²) >= 11 is 0. The van der Waals surface area contributed by atoms with Crippen LogP contribution in [-0.2, 0) is 4.79 Å². The first-order valence-electron chi connectivity index (χ1n) is 5.24. The lowest BCUT2D eigenvalue weighted by atomic mass is 10.1. The van der Waals surface area contributed by atoms with Gasteiger partial charge in [0.15, 0.2) is 0 Å². The van der Waals surface area contributed by atoms with Crippen molar-refractivity contribution >= 4 is 5.91 Å². The summed E-state index contributed by atoms with van der Waals surface area (Å²) in [5.74, 6) is 0.330. The Morgan fingerprint density at radius 1 is 1.44 bits per heavy atom. The number of primary amides is 1. The van der Waals surface area contributed by atoms with E-state index in [1.54, 1.807) is 7.11 Å². The maximum absolute atomic E-state index is 11.4. The zero-order chi connectivity index (χ0) is 12.1. The molecule has 0 fully saturated rings. The molecular weight excluding hydrogens is 204 g/mol. The number of rotatable bonds is 5. The van der Waals surface area contributed by atoms with Crippen LogP contribution in [0.1, 0.15) is 25.5 Å². The highest BCUT2D eigenvalue weighted by Crippen LogP contribution is 2.19. The van der Waals surface area contributed by atoms with Crippen molar-refractivity contribution in [1.82, 2.24) is 5.32 Å². The van der Waals surface area contributed by atoms with E-state index < -0.39 is 6.04 Å². The number of nitrogens with one attached hydrogen (secondary N) is 1. The lowest BCUT2D eigenvalue weighted by molar-refractivity contribution is -0.120. The summed E-state index contributed by atoms with van der Waals surface area (Å²) in [4.78, 5) is 11.4. The fourth-order valence-electron chi connectivity index (χ4n) is 1.50. The van der Waals surface area contributed by atoms with Crippen LogP contribution in [0.25, 0.3) is 0 Å². The van der Waals surface area contributed by atoms with E-state index in [0.717, 1.165) is 5.56 Å². The van der Waals surface area contributed by atoms with Crippen LogP contribution >= 0.6 is 0 Å². The van der Waals surface area contributed by atoms with Crippen molar-refractivity contribution in [2.75, 3.05) is 7.11 Å². The Hall–Kier alpha value is -1.55. The first-order valence-corrected chi connectivity index (χ1v) is 5.24. The molecule has 0 aromatic heterocycles. The summed E-state index contributed by atoms with van der Waals surface area (Å²) in [6.07, 6.45) is 0. The zero-order valence-electron chi connectivity index (χ0n) is 9.86. The van der Waals surface area contributed by atoms with Crippen molar-refractivity contribution in [3.8, 4) is 5.75 Å². The van der Waals surface area contributed by atoms with E-state index in [1.165, 1.54) is 0 Å². The van der Waals surface area contributed by atoms with Gasteiger partial charge in [-0.05, 0) is 31.5 Å². The van der Waals surface area contributed by atoms with E-state index in [2.05, 4.69) is 5.32 Å². The second-order valence-electron chi connectivity index (χ2n) is 3.93. The summed E-state index contributed by atoms with van der Waals surface area (Å²) in [5, 5.41) is 3.12. The highest BCUT2D eigenvalue weighted by atomic mass is 16.5. The predicted octanol–water partition coefficient (Wildman–Crippen LogP) is 1.22. The van der Waals surface area contributed by atoms with E-state index in [9.17, 15) is 4.79 Å². The molecular formula is C12H18N2O2. The summed E-state index contributed by atoms with van der Waals surface area (Å²) in [5.41, 5.74) is 6.19. The smallest absolute Gasteiger partial charge is 0.239 e. The van der Waals surface area contributed by atoms with Gasteiger partial charge in [-0.15, -0.1) is 0 Å². The first-order chi connectivity index (χ1) is 7.54. The average Bonchev–Trinajstić information content (AvgIpc) is 2.25. The van der Waals surface area contributed by atoms with Gasteiger partial charge in [0.1, 0.15) is 11.8 Å². The lowest BCUT2D eigenvalue weighted by Crippen LogP contribution is -2.37. The quantitative estimate of drug-likeness (QED) is 0.787. The van der Waals surface area contributed by atoms with Crippen LogP contribution in [-0.4, -0.2) is 19.1 Å². The SMILES string of the molecule is COc1cccc(C(NC(C)C)C(N)=O)c1. The Morgan fingerprint density at radius 2 is 2.12 bits per heavy atom. The van der Waals surface area contributed by atoms with Gasteiger partial charge >= 0.3 is 0 Å². The molecule has 1 unspecified atom stereocenters. The minimum absolute atomic E-state index is 0.184. The number of benzene rings is 1. The van der Waals surface area contributed by atoms with Crippen molar-refractivity contribution < 1.29 is 9.53 Å². The molecule has 1 amide bonds. The largest absolute Gasteiger partial charge is 0.497 e. The molecule has 1 aromatic carbocycles. The highest BCUT2D eigenvalue weighted by Gasteiger charge is 2.18. The summed E-state index contributed by atoms with van der Waals surface area (Å²) in [6, 6.07) is 7.04. The Balaban J connectivity index is 2.96. The van der Waals surface area contributed by atoms with Gasteiger partial charge in [0.05, 0.1) is 7.11 Å². The van der Waals surface area contributed by atoms with Crippen LogP contribution in [0, 0.1) is 0 Å². The van der Waals surface area contributed by atoms with Gasteiger partial charge in [0.25, 0.3) is 0 Å². The van der Waals surface area contributed by atoms with Crippen molar-refractivity contribution in [2.24, 2.45) is 5.73 Å². The number of hydrogen-bond donors (Lipinski definition) is 2. The van der Waals surface area contributed by atoms with E-state index >= 15 is 0 Å². The minimum Gasteiger partial charge on any atom is -0.497 e. The molecule has 0 aliphatic carbocycles. The lowest BCUT2D eigenvalue weighted by Gasteiger charge is -2.19. The monoisotopic (exact) mass is 222 g/mol. The molecule has 0 saturated carbocycles. The average molecular weight is 222 g/mol. The maximum atomic E-state index is 11.4.